The van der Waals surface area contributed by atoms with Crippen molar-refractivity contribution in [2.24, 2.45) is 0 Å². The Morgan fingerprint density at radius 2 is 1.00 bits per heavy atom. The van der Waals surface area contributed by atoms with Crippen molar-refractivity contribution in [3.8, 4) is 23.7 Å². The van der Waals surface area contributed by atoms with Crippen LogP contribution < -0.4 is 0 Å². The quantitative estimate of drug-likeness (QED) is 0.234. The molecule has 0 atom stereocenters. The monoisotopic (exact) mass is 334 g/mol. The highest BCUT2D eigenvalue weighted by atomic mass is 16.5. The van der Waals surface area contributed by atoms with Gasteiger partial charge in [0.05, 0.1) is 0 Å². The van der Waals surface area contributed by atoms with E-state index in [2.05, 4.69) is 30.6 Å². The van der Waals surface area contributed by atoms with E-state index in [4.69, 9.17) is 10.2 Å². The van der Waals surface area contributed by atoms with Crippen molar-refractivity contribution < 1.29 is 10.2 Å². The molecule has 2 N–H and O–H groups in total. The zero-order valence-electron chi connectivity index (χ0n) is 15.8. The van der Waals surface area contributed by atoms with E-state index in [-0.39, 0.29) is 0 Å². The molecular weight excluding hydrogens is 296 g/mol. The first-order valence-electron chi connectivity index (χ1n) is 10.1. The summed E-state index contributed by atoms with van der Waals surface area (Å²) in [5.74, 6) is 12.2. The molecule has 0 fully saturated rings. The molecule has 2 nitrogen and oxygen atoms in total. The predicted molar refractivity (Wildman–Crippen MR) is 103 cm³/mol. The smallest absolute Gasteiger partial charge is 0.151 e. The maximum Gasteiger partial charge on any atom is 0.151 e. The molecule has 24 heavy (non-hydrogen) atoms. The Kier molecular flexibility index (Phi) is 19.3. The highest BCUT2D eigenvalue weighted by molar-refractivity contribution is 5.25. The molecule has 0 amide bonds. The van der Waals surface area contributed by atoms with Crippen LogP contribution in [0, 0.1) is 23.7 Å². The van der Waals surface area contributed by atoms with Gasteiger partial charge in [0.2, 0.25) is 0 Å². The molecule has 0 heterocycles. The number of hydrogen-bond donors (Lipinski definition) is 2. The van der Waals surface area contributed by atoms with E-state index in [0.717, 1.165) is 32.1 Å². The molecule has 0 saturated heterocycles. The molecule has 0 aliphatic carbocycles. The normalized spacial score (nSPS) is 10.2. The minimum atomic E-state index is -1.13. The fourth-order valence-electron chi connectivity index (χ4n) is 2.63. The largest absolute Gasteiger partial charge is 0.368 e. The third-order valence-electron chi connectivity index (χ3n) is 4.16. The van der Waals surface area contributed by atoms with Crippen LogP contribution in [0.2, 0.25) is 0 Å². The zero-order valence-corrected chi connectivity index (χ0v) is 15.8. The molecule has 138 valence electrons. The molecule has 0 aromatic rings. The molecule has 0 radical (unpaired) electrons. The molecule has 0 aliphatic heterocycles. The standard InChI is InChI=1S/C22H38O2/c1-2-3-4-5-6-7-8-9-10-11-12-13-14-15-16-17-18-19-20-21-22(23)24/h22-24H,2-9,14-21H2,1H3. The van der Waals surface area contributed by atoms with E-state index in [1.165, 1.54) is 64.2 Å². The van der Waals surface area contributed by atoms with Gasteiger partial charge < -0.3 is 10.2 Å². The lowest BCUT2D eigenvalue weighted by molar-refractivity contribution is -0.0466. The van der Waals surface area contributed by atoms with Crippen LogP contribution in [0.4, 0.5) is 0 Å². The highest BCUT2D eigenvalue weighted by Crippen LogP contribution is 2.09. The predicted octanol–water partition coefficient (Wildman–Crippen LogP) is 5.57. The van der Waals surface area contributed by atoms with E-state index in [0.29, 0.717) is 6.42 Å². The van der Waals surface area contributed by atoms with Gasteiger partial charge in [-0.3, -0.25) is 0 Å². The number of aliphatic hydroxyl groups is 2. The van der Waals surface area contributed by atoms with Gasteiger partial charge >= 0.3 is 0 Å². The third-order valence-corrected chi connectivity index (χ3v) is 4.16. The molecule has 0 bridgehead atoms. The van der Waals surface area contributed by atoms with Crippen LogP contribution in [0.25, 0.3) is 0 Å². The maximum atomic E-state index is 8.73. The van der Waals surface area contributed by atoms with Crippen LogP contribution in [0.15, 0.2) is 0 Å². The SMILES string of the molecule is CCCCCCCCCC#CC#CCCCCCCCCC(O)O. The summed E-state index contributed by atoms with van der Waals surface area (Å²) >= 11 is 0. The zero-order chi connectivity index (χ0) is 17.7. The van der Waals surface area contributed by atoms with Gasteiger partial charge in [-0.15, -0.1) is 0 Å². The van der Waals surface area contributed by atoms with Gasteiger partial charge in [0, 0.05) is 12.8 Å². The maximum absolute atomic E-state index is 8.73. The van der Waals surface area contributed by atoms with E-state index in [1.54, 1.807) is 0 Å². The average molecular weight is 335 g/mol. The lowest BCUT2D eigenvalue weighted by Crippen LogP contribution is -2.02. The third kappa shape index (κ3) is 21.0. The molecular formula is C22H38O2. The molecule has 0 aromatic heterocycles. The first kappa shape index (κ1) is 23.0. The second kappa shape index (κ2) is 20.1. The first-order chi connectivity index (χ1) is 11.8. The lowest BCUT2D eigenvalue weighted by atomic mass is 10.1. The molecule has 0 unspecified atom stereocenters. The summed E-state index contributed by atoms with van der Waals surface area (Å²) < 4.78 is 0. The van der Waals surface area contributed by atoms with Gasteiger partial charge in [0.1, 0.15) is 0 Å². The Bertz CT molecular complexity index is 365. The van der Waals surface area contributed by atoms with Gasteiger partial charge in [-0.1, -0.05) is 83.0 Å². The summed E-state index contributed by atoms with van der Waals surface area (Å²) in [5.41, 5.74) is 0. The summed E-state index contributed by atoms with van der Waals surface area (Å²) in [6.45, 7) is 2.25. The van der Waals surface area contributed by atoms with E-state index >= 15 is 0 Å². The van der Waals surface area contributed by atoms with Crippen LogP contribution in [-0.4, -0.2) is 16.5 Å². The van der Waals surface area contributed by atoms with Crippen LogP contribution >= 0.6 is 0 Å². The first-order valence-corrected chi connectivity index (χ1v) is 10.1. The van der Waals surface area contributed by atoms with E-state index in [1.807, 2.05) is 0 Å². The summed E-state index contributed by atoms with van der Waals surface area (Å²) in [6.07, 6.45) is 17.4. The Morgan fingerprint density at radius 3 is 1.46 bits per heavy atom. The fourth-order valence-corrected chi connectivity index (χ4v) is 2.63. The topological polar surface area (TPSA) is 40.5 Å². The van der Waals surface area contributed by atoms with Crippen LogP contribution in [0.3, 0.4) is 0 Å². The Morgan fingerprint density at radius 1 is 0.583 bits per heavy atom. The van der Waals surface area contributed by atoms with Crippen molar-refractivity contribution in [2.45, 2.75) is 116 Å². The van der Waals surface area contributed by atoms with Gasteiger partial charge in [0.15, 0.2) is 6.29 Å². The molecule has 0 saturated carbocycles. The van der Waals surface area contributed by atoms with Gasteiger partial charge in [-0.25, -0.2) is 0 Å². The van der Waals surface area contributed by atoms with Gasteiger partial charge in [-0.05, 0) is 37.5 Å². The summed E-state index contributed by atoms with van der Waals surface area (Å²) in [7, 11) is 0. The van der Waals surface area contributed by atoms with Crippen molar-refractivity contribution in [1.29, 1.82) is 0 Å². The number of aliphatic hydroxyl groups excluding tert-OH is 1. The van der Waals surface area contributed by atoms with Crippen molar-refractivity contribution >= 4 is 0 Å². The average Bonchev–Trinajstić information content (AvgIpc) is 2.56. The van der Waals surface area contributed by atoms with E-state index < -0.39 is 6.29 Å². The second-order valence-corrected chi connectivity index (χ2v) is 6.62. The van der Waals surface area contributed by atoms with Crippen molar-refractivity contribution in [1.82, 2.24) is 0 Å². The fraction of sp³-hybridized carbons (Fsp3) is 0.818. The van der Waals surface area contributed by atoms with Crippen molar-refractivity contribution in [3.63, 3.8) is 0 Å². The Balaban J connectivity index is 3.25. The van der Waals surface area contributed by atoms with Crippen molar-refractivity contribution in [3.05, 3.63) is 0 Å². The van der Waals surface area contributed by atoms with E-state index in [9.17, 15) is 0 Å². The van der Waals surface area contributed by atoms with Crippen molar-refractivity contribution in [2.75, 3.05) is 0 Å². The Hall–Kier alpha value is -0.960. The number of rotatable bonds is 15. The molecule has 0 spiro atoms. The summed E-state index contributed by atoms with van der Waals surface area (Å²) in [6, 6.07) is 0. The number of unbranched alkanes of at least 4 members (excludes halogenated alkanes) is 13. The minimum Gasteiger partial charge on any atom is -0.368 e. The van der Waals surface area contributed by atoms with Crippen LogP contribution in [0.1, 0.15) is 110 Å². The molecule has 0 aromatic carbocycles. The molecule has 0 rings (SSSR count). The lowest BCUT2D eigenvalue weighted by Gasteiger charge is -2.02. The second-order valence-electron chi connectivity index (χ2n) is 6.62. The molecule has 0 aliphatic rings. The number of hydrogen-bond acceptors (Lipinski definition) is 2. The minimum absolute atomic E-state index is 0.503. The van der Waals surface area contributed by atoms with Crippen LogP contribution in [0.5, 0.6) is 0 Å². The molecule has 2 heteroatoms. The van der Waals surface area contributed by atoms with Gasteiger partial charge in [-0.2, -0.15) is 0 Å². The summed E-state index contributed by atoms with van der Waals surface area (Å²) in [4.78, 5) is 0. The highest BCUT2D eigenvalue weighted by Gasteiger charge is 1.96. The summed E-state index contributed by atoms with van der Waals surface area (Å²) in [5, 5.41) is 17.5. The Labute approximate surface area is 150 Å². The van der Waals surface area contributed by atoms with Gasteiger partial charge in [0.25, 0.3) is 0 Å². The van der Waals surface area contributed by atoms with Crippen LogP contribution in [-0.2, 0) is 0 Å².